The number of pyridine rings is 1. The van der Waals surface area contributed by atoms with Crippen LogP contribution in [-0.4, -0.2) is 42.0 Å². The molecule has 0 aliphatic carbocycles. The molecule has 1 fully saturated rings. The molecule has 0 aromatic carbocycles. The van der Waals surface area contributed by atoms with Crippen LogP contribution in [0.4, 0.5) is 0 Å². The lowest BCUT2D eigenvalue weighted by molar-refractivity contribution is 0.0737. The van der Waals surface area contributed by atoms with E-state index in [0.29, 0.717) is 10.6 Å². The van der Waals surface area contributed by atoms with Gasteiger partial charge in [0.2, 0.25) is 0 Å². The molecule has 92 valence electrons. The third kappa shape index (κ3) is 2.58. The minimum atomic E-state index is 0.00940. The van der Waals surface area contributed by atoms with Gasteiger partial charge in [0.15, 0.2) is 0 Å². The van der Waals surface area contributed by atoms with E-state index in [4.69, 9.17) is 11.6 Å². The summed E-state index contributed by atoms with van der Waals surface area (Å²) in [4.78, 5) is 18.1. The zero-order valence-electron chi connectivity index (χ0n) is 9.82. The summed E-state index contributed by atoms with van der Waals surface area (Å²) in [7, 11) is 1.90. The first-order chi connectivity index (χ1) is 8.24. The molecule has 2 heterocycles. The predicted molar refractivity (Wildman–Crippen MR) is 67.2 cm³/mol. The molecule has 4 nitrogen and oxygen atoms in total. The van der Waals surface area contributed by atoms with Gasteiger partial charge in [0.25, 0.3) is 5.91 Å². The molecule has 1 aromatic rings. The van der Waals surface area contributed by atoms with Crippen molar-refractivity contribution in [3.63, 3.8) is 0 Å². The van der Waals surface area contributed by atoms with Gasteiger partial charge in [0.05, 0.1) is 10.6 Å². The van der Waals surface area contributed by atoms with E-state index in [0.717, 1.165) is 25.9 Å². The topological polar surface area (TPSA) is 45.2 Å². The molecule has 0 bridgehead atoms. The number of halogens is 1. The van der Waals surface area contributed by atoms with Gasteiger partial charge in [-0.3, -0.25) is 9.78 Å². The van der Waals surface area contributed by atoms with Gasteiger partial charge in [0.1, 0.15) is 0 Å². The van der Waals surface area contributed by atoms with Gasteiger partial charge < -0.3 is 10.2 Å². The highest BCUT2D eigenvalue weighted by Gasteiger charge is 2.29. The van der Waals surface area contributed by atoms with Crippen molar-refractivity contribution in [1.29, 1.82) is 0 Å². The first-order valence-corrected chi connectivity index (χ1v) is 6.17. The van der Waals surface area contributed by atoms with Gasteiger partial charge in [0, 0.05) is 31.5 Å². The molecule has 0 unspecified atom stereocenters. The first kappa shape index (κ1) is 12.3. The fourth-order valence-electron chi connectivity index (χ4n) is 2.25. The van der Waals surface area contributed by atoms with Gasteiger partial charge in [-0.1, -0.05) is 11.6 Å². The lowest BCUT2D eigenvalue weighted by Crippen LogP contribution is -2.40. The van der Waals surface area contributed by atoms with Crippen LogP contribution in [0.25, 0.3) is 0 Å². The molecule has 5 heteroatoms. The third-order valence-corrected chi connectivity index (χ3v) is 3.38. The Morgan fingerprint density at radius 3 is 3.24 bits per heavy atom. The Hall–Kier alpha value is -1.13. The maximum atomic E-state index is 12.3. The number of likely N-dealkylation sites (N-methyl/N-ethyl adjacent to an activating group) is 1. The number of carbonyl (C=O) groups is 1. The average Bonchev–Trinajstić information content (AvgIpc) is 2.78. The summed E-state index contributed by atoms with van der Waals surface area (Å²) >= 11 is 6.00. The Balaban J connectivity index is 2.17. The average molecular weight is 254 g/mol. The number of hydrogen-bond donors (Lipinski definition) is 1. The van der Waals surface area contributed by atoms with E-state index in [-0.39, 0.29) is 11.9 Å². The standard InChI is InChI=1S/C12H16ClN3O/c1-14-7-9-3-2-6-16(9)12(17)10-4-5-15-8-11(10)13/h4-5,8-9,14H,2-3,6-7H2,1H3/t9-/m0/s1. The molecule has 17 heavy (non-hydrogen) atoms. The van der Waals surface area contributed by atoms with Crippen molar-refractivity contribution >= 4 is 17.5 Å². The number of hydrogen-bond acceptors (Lipinski definition) is 3. The Kier molecular flexibility index (Phi) is 3.97. The van der Waals surface area contributed by atoms with Crippen molar-refractivity contribution in [2.24, 2.45) is 0 Å². The minimum absolute atomic E-state index is 0.00940. The fraction of sp³-hybridized carbons (Fsp3) is 0.500. The smallest absolute Gasteiger partial charge is 0.255 e. The molecule has 1 aliphatic heterocycles. The van der Waals surface area contributed by atoms with Crippen molar-refractivity contribution in [3.8, 4) is 0 Å². The van der Waals surface area contributed by atoms with E-state index in [1.165, 1.54) is 6.20 Å². The Labute approximate surface area is 106 Å². The maximum absolute atomic E-state index is 12.3. The molecule has 1 aliphatic rings. The van der Waals surface area contributed by atoms with Crippen LogP contribution in [-0.2, 0) is 0 Å². The van der Waals surface area contributed by atoms with E-state index in [2.05, 4.69) is 10.3 Å². The quantitative estimate of drug-likeness (QED) is 0.889. The summed E-state index contributed by atoms with van der Waals surface area (Å²) in [5, 5.41) is 3.55. The second-order valence-corrected chi connectivity index (χ2v) is 4.61. The number of nitrogens with zero attached hydrogens (tertiary/aromatic N) is 2. The van der Waals surface area contributed by atoms with Crippen LogP contribution < -0.4 is 5.32 Å². The monoisotopic (exact) mass is 253 g/mol. The van der Waals surface area contributed by atoms with E-state index >= 15 is 0 Å². The molecule has 1 saturated heterocycles. The molecule has 1 aromatic heterocycles. The summed E-state index contributed by atoms with van der Waals surface area (Å²) < 4.78 is 0. The van der Waals surface area contributed by atoms with Crippen molar-refractivity contribution in [3.05, 3.63) is 29.0 Å². The van der Waals surface area contributed by atoms with E-state index in [1.807, 2.05) is 11.9 Å². The number of likely N-dealkylation sites (tertiary alicyclic amines) is 1. The number of amides is 1. The van der Waals surface area contributed by atoms with Crippen molar-refractivity contribution in [2.45, 2.75) is 18.9 Å². The zero-order valence-corrected chi connectivity index (χ0v) is 10.6. The van der Waals surface area contributed by atoms with Gasteiger partial charge in [-0.2, -0.15) is 0 Å². The highest BCUT2D eigenvalue weighted by molar-refractivity contribution is 6.33. The molecular weight excluding hydrogens is 238 g/mol. The summed E-state index contributed by atoms with van der Waals surface area (Å²) in [5.74, 6) is 0.00940. The lowest BCUT2D eigenvalue weighted by Gasteiger charge is -2.24. The third-order valence-electron chi connectivity index (χ3n) is 3.08. The molecular formula is C12H16ClN3O. The number of carbonyl (C=O) groups excluding carboxylic acids is 1. The molecule has 1 atom stereocenters. The number of nitrogens with one attached hydrogen (secondary N) is 1. The van der Waals surface area contributed by atoms with Crippen LogP contribution in [0.15, 0.2) is 18.5 Å². The van der Waals surface area contributed by atoms with Crippen molar-refractivity contribution < 1.29 is 4.79 Å². The first-order valence-electron chi connectivity index (χ1n) is 5.79. The molecule has 0 radical (unpaired) electrons. The summed E-state index contributed by atoms with van der Waals surface area (Å²) in [6.45, 7) is 1.64. The number of aromatic nitrogens is 1. The van der Waals surface area contributed by atoms with Crippen LogP contribution in [0.5, 0.6) is 0 Å². The van der Waals surface area contributed by atoms with Crippen LogP contribution in [0, 0.1) is 0 Å². The molecule has 1 amide bonds. The largest absolute Gasteiger partial charge is 0.334 e. The second-order valence-electron chi connectivity index (χ2n) is 4.21. The SMILES string of the molecule is CNC[C@@H]1CCCN1C(=O)c1ccncc1Cl. The summed E-state index contributed by atoms with van der Waals surface area (Å²) in [5.41, 5.74) is 0.546. The van der Waals surface area contributed by atoms with Gasteiger partial charge in [-0.05, 0) is 26.0 Å². The Bertz CT molecular complexity index is 410. The normalized spacial score (nSPS) is 19.6. The van der Waals surface area contributed by atoms with E-state index < -0.39 is 0 Å². The van der Waals surface area contributed by atoms with Crippen LogP contribution in [0.3, 0.4) is 0 Å². The van der Waals surface area contributed by atoms with Crippen molar-refractivity contribution in [2.75, 3.05) is 20.1 Å². The van der Waals surface area contributed by atoms with Gasteiger partial charge in [-0.25, -0.2) is 0 Å². The highest BCUT2D eigenvalue weighted by Crippen LogP contribution is 2.22. The minimum Gasteiger partial charge on any atom is -0.334 e. The van der Waals surface area contributed by atoms with Gasteiger partial charge in [-0.15, -0.1) is 0 Å². The predicted octanol–water partition coefficient (Wildman–Crippen LogP) is 1.56. The summed E-state index contributed by atoms with van der Waals surface area (Å²) in [6.07, 6.45) is 5.22. The van der Waals surface area contributed by atoms with Crippen molar-refractivity contribution in [1.82, 2.24) is 15.2 Å². The van der Waals surface area contributed by atoms with Gasteiger partial charge >= 0.3 is 0 Å². The molecule has 0 spiro atoms. The zero-order chi connectivity index (χ0) is 12.3. The van der Waals surface area contributed by atoms with Crippen LogP contribution in [0.2, 0.25) is 5.02 Å². The highest BCUT2D eigenvalue weighted by atomic mass is 35.5. The Morgan fingerprint density at radius 2 is 2.53 bits per heavy atom. The molecule has 2 rings (SSSR count). The van der Waals surface area contributed by atoms with Crippen LogP contribution in [0.1, 0.15) is 23.2 Å². The lowest BCUT2D eigenvalue weighted by atomic mass is 10.2. The maximum Gasteiger partial charge on any atom is 0.255 e. The summed E-state index contributed by atoms with van der Waals surface area (Å²) in [6, 6.07) is 1.95. The van der Waals surface area contributed by atoms with E-state index in [1.54, 1.807) is 12.3 Å². The molecule has 0 saturated carbocycles. The van der Waals surface area contributed by atoms with E-state index in [9.17, 15) is 4.79 Å². The molecule has 1 N–H and O–H groups in total. The Morgan fingerprint density at radius 1 is 1.71 bits per heavy atom. The second kappa shape index (κ2) is 5.47. The van der Waals surface area contributed by atoms with Crippen LogP contribution >= 0.6 is 11.6 Å². The fourth-order valence-corrected chi connectivity index (χ4v) is 2.45. The number of rotatable bonds is 3.